The second-order valence-electron chi connectivity index (χ2n) is 4.42. The molecule has 1 aromatic heterocycles. The predicted octanol–water partition coefficient (Wildman–Crippen LogP) is 3.58. The molecule has 0 radical (unpaired) electrons. The van der Waals surface area contributed by atoms with Crippen molar-refractivity contribution in [1.29, 1.82) is 0 Å². The lowest BCUT2D eigenvalue weighted by atomic mass is 10.2. The lowest BCUT2D eigenvalue weighted by Crippen LogP contribution is -2.13. The summed E-state index contributed by atoms with van der Waals surface area (Å²) in [7, 11) is 0. The van der Waals surface area contributed by atoms with E-state index in [9.17, 15) is 9.18 Å². The monoisotopic (exact) mass is 281 g/mol. The van der Waals surface area contributed by atoms with Crippen molar-refractivity contribution in [2.45, 2.75) is 19.8 Å². The van der Waals surface area contributed by atoms with Crippen molar-refractivity contribution in [3.05, 3.63) is 46.5 Å². The van der Waals surface area contributed by atoms with Gasteiger partial charge in [0.05, 0.1) is 11.2 Å². The number of halogens is 2. The van der Waals surface area contributed by atoms with Gasteiger partial charge in [-0.15, -0.1) is 0 Å². The van der Waals surface area contributed by atoms with Gasteiger partial charge in [-0.3, -0.25) is 10.1 Å². The van der Waals surface area contributed by atoms with Crippen molar-refractivity contribution in [3.8, 4) is 0 Å². The fourth-order valence-electron chi connectivity index (χ4n) is 1.51. The Balaban J connectivity index is 2.13. The number of amides is 1. The maximum absolute atomic E-state index is 13.0. The van der Waals surface area contributed by atoms with E-state index in [-0.39, 0.29) is 10.6 Å². The Kier molecular flexibility index (Phi) is 3.85. The van der Waals surface area contributed by atoms with E-state index in [1.165, 1.54) is 12.1 Å². The summed E-state index contributed by atoms with van der Waals surface area (Å²) in [5, 5.41) is 2.51. The first-order valence-electron chi connectivity index (χ1n) is 5.78. The second kappa shape index (κ2) is 5.40. The Morgan fingerprint density at radius 1 is 1.47 bits per heavy atom. The molecule has 0 bridgehead atoms. The zero-order valence-electron chi connectivity index (χ0n) is 10.5. The van der Waals surface area contributed by atoms with Gasteiger partial charge >= 0.3 is 0 Å². The molecule has 2 aromatic rings. The molecule has 6 heteroatoms. The number of hydrogen-bond donors (Lipinski definition) is 2. The first-order valence-corrected chi connectivity index (χ1v) is 6.16. The van der Waals surface area contributed by atoms with Gasteiger partial charge in [0.1, 0.15) is 5.82 Å². The molecule has 2 rings (SSSR count). The maximum atomic E-state index is 13.0. The van der Waals surface area contributed by atoms with E-state index in [1.807, 2.05) is 13.8 Å². The molecular weight excluding hydrogens is 269 g/mol. The molecule has 0 fully saturated rings. The van der Waals surface area contributed by atoms with E-state index in [0.29, 0.717) is 11.9 Å². The topological polar surface area (TPSA) is 57.8 Å². The average molecular weight is 282 g/mol. The van der Waals surface area contributed by atoms with Gasteiger partial charge in [-0.2, -0.15) is 0 Å². The third-order valence-electron chi connectivity index (χ3n) is 2.63. The zero-order valence-corrected chi connectivity index (χ0v) is 11.3. The Bertz CT molecular complexity index is 610. The number of aromatic amines is 1. The predicted molar refractivity (Wildman–Crippen MR) is 72.0 cm³/mol. The Morgan fingerprint density at radius 3 is 2.79 bits per heavy atom. The molecular formula is C13H13ClFN3O. The zero-order chi connectivity index (χ0) is 14.0. The van der Waals surface area contributed by atoms with Crippen molar-refractivity contribution in [2.24, 2.45) is 0 Å². The summed E-state index contributed by atoms with van der Waals surface area (Å²) >= 11 is 5.63. The van der Waals surface area contributed by atoms with Crippen LogP contribution in [0.1, 0.15) is 35.8 Å². The molecule has 1 aromatic carbocycles. The molecule has 4 nitrogen and oxygen atoms in total. The standard InChI is InChI=1S/C13H13ClFN3O/c1-7(2)11-6-16-13(17-11)18-12(19)8-3-4-10(15)9(14)5-8/h3-7H,1-2H3,(H2,16,17,18,19). The lowest BCUT2D eigenvalue weighted by Gasteiger charge is -2.03. The molecule has 0 spiro atoms. The molecule has 0 atom stereocenters. The summed E-state index contributed by atoms with van der Waals surface area (Å²) < 4.78 is 13.0. The maximum Gasteiger partial charge on any atom is 0.258 e. The van der Waals surface area contributed by atoms with E-state index in [0.717, 1.165) is 11.8 Å². The number of carbonyl (C=O) groups is 1. The van der Waals surface area contributed by atoms with Crippen molar-refractivity contribution >= 4 is 23.5 Å². The van der Waals surface area contributed by atoms with Crippen LogP contribution in [0.5, 0.6) is 0 Å². The highest BCUT2D eigenvalue weighted by Gasteiger charge is 2.11. The van der Waals surface area contributed by atoms with Crippen LogP contribution in [0, 0.1) is 5.82 Å². The molecule has 0 saturated carbocycles. The molecule has 19 heavy (non-hydrogen) atoms. The first-order chi connectivity index (χ1) is 8.97. The molecule has 2 N–H and O–H groups in total. The normalized spacial score (nSPS) is 10.8. The number of rotatable bonds is 3. The molecule has 0 aliphatic heterocycles. The number of benzene rings is 1. The van der Waals surface area contributed by atoms with Crippen molar-refractivity contribution in [1.82, 2.24) is 9.97 Å². The Hall–Kier alpha value is -1.88. The molecule has 0 aliphatic rings. The number of imidazole rings is 1. The fraction of sp³-hybridized carbons (Fsp3) is 0.231. The fourth-order valence-corrected chi connectivity index (χ4v) is 1.69. The van der Waals surface area contributed by atoms with Crippen molar-refractivity contribution in [3.63, 3.8) is 0 Å². The number of nitrogens with one attached hydrogen (secondary N) is 2. The first kappa shape index (κ1) is 13.5. The van der Waals surface area contributed by atoms with Gasteiger partial charge in [0.2, 0.25) is 5.95 Å². The van der Waals surface area contributed by atoms with Gasteiger partial charge in [0, 0.05) is 11.3 Å². The van der Waals surface area contributed by atoms with Crippen LogP contribution in [-0.2, 0) is 0 Å². The van der Waals surface area contributed by atoms with Crippen LogP contribution >= 0.6 is 11.6 Å². The third kappa shape index (κ3) is 3.12. The minimum atomic E-state index is -0.557. The van der Waals surface area contributed by atoms with E-state index in [1.54, 1.807) is 6.20 Å². The van der Waals surface area contributed by atoms with Crippen LogP contribution in [0.15, 0.2) is 24.4 Å². The number of aromatic nitrogens is 2. The van der Waals surface area contributed by atoms with Crippen molar-refractivity contribution < 1.29 is 9.18 Å². The van der Waals surface area contributed by atoms with Gasteiger partial charge in [0.15, 0.2) is 0 Å². The number of hydrogen-bond acceptors (Lipinski definition) is 2. The quantitative estimate of drug-likeness (QED) is 0.903. The van der Waals surface area contributed by atoms with E-state index >= 15 is 0 Å². The van der Waals surface area contributed by atoms with Crippen LogP contribution in [0.3, 0.4) is 0 Å². The molecule has 100 valence electrons. The van der Waals surface area contributed by atoms with Gasteiger partial charge in [0.25, 0.3) is 5.91 Å². The molecule has 1 heterocycles. The van der Waals surface area contributed by atoms with Crippen LogP contribution < -0.4 is 5.32 Å². The summed E-state index contributed by atoms with van der Waals surface area (Å²) in [6.45, 7) is 4.03. The number of anilines is 1. The SMILES string of the molecule is CC(C)c1cnc(NC(=O)c2ccc(F)c(Cl)c2)[nH]1. The second-order valence-corrected chi connectivity index (χ2v) is 4.83. The Morgan fingerprint density at radius 2 is 2.21 bits per heavy atom. The summed E-state index contributed by atoms with van der Waals surface area (Å²) in [5.41, 5.74) is 1.20. The number of nitrogens with zero attached hydrogens (tertiary/aromatic N) is 1. The number of H-pyrrole nitrogens is 1. The van der Waals surface area contributed by atoms with Gasteiger partial charge < -0.3 is 4.98 Å². The average Bonchev–Trinajstić information content (AvgIpc) is 2.81. The van der Waals surface area contributed by atoms with E-state index < -0.39 is 11.7 Å². The lowest BCUT2D eigenvalue weighted by molar-refractivity contribution is 0.102. The van der Waals surface area contributed by atoms with Gasteiger partial charge in [-0.05, 0) is 24.1 Å². The van der Waals surface area contributed by atoms with E-state index in [4.69, 9.17) is 11.6 Å². The van der Waals surface area contributed by atoms with E-state index in [2.05, 4.69) is 15.3 Å². The van der Waals surface area contributed by atoms with Crippen LogP contribution in [-0.4, -0.2) is 15.9 Å². The summed E-state index contributed by atoms with van der Waals surface area (Å²) in [4.78, 5) is 18.9. The molecule has 0 saturated heterocycles. The largest absolute Gasteiger partial charge is 0.328 e. The summed E-state index contributed by atoms with van der Waals surface area (Å²) in [6.07, 6.45) is 1.66. The van der Waals surface area contributed by atoms with Gasteiger partial charge in [-0.1, -0.05) is 25.4 Å². The minimum Gasteiger partial charge on any atom is -0.328 e. The highest BCUT2D eigenvalue weighted by Crippen LogP contribution is 2.17. The molecule has 1 amide bonds. The van der Waals surface area contributed by atoms with Crippen molar-refractivity contribution in [2.75, 3.05) is 5.32 Å². The minimum absolute atomic E-state index is 0.0880. The Labute approximate surface area is 115 Å². The van der Waals surface area contributed by atoms with Crippen LogP contribution in [0.25, 0.3) is 0 Å². The molecule has 0 unspecified atom stereocenters. The summed E-state index contributed by atoms with van der Waals surface area (Å²) in [5.74, 6) is -0.308. The van der Waals surface area contributed by atoms with Crippen LogP contribution in [0.4, 0.5) is 10.3 Å². The highest BCUT2D eigenvalue weighted by molar-refractivity contribution is 6.31. The van der Waals surface area contributed by atoms with Crippen LogP contribution in [0.2, 0.25) is 5.02 Å². The highest BCUT2D eigenvalue weighted by atomic mass is 35.5. The molecule has 0 aliphatic carbocycles. The third-order valence-corrected chi connectivity index (χ3v) is 2.92. The van der Waals surface area contributed by atoms with Gasteiger partial charge in [-0.25, -0.2) is 9.37 Å². The number of carbonyl (C=O) groups excluding carboxylic acids is 1. The summed E-state index contributed by atoms with van der Waals surface area (Å²) in [6, 6.07) is 3.79. The smallest absolute Gasteiger partial charge is 0.258 e.